The maximum atomic E-state index is 12.8. The zero-order chi connectivity index (χ0) is 16.4. The molecule has 0 radical (unpaired) electrons. The number of fused-ring (bicyclic) bond motifs is 1. The summed E-state index contributed by atoms with van der Waals surface area (Å²) in [7, 11) is 0. The summed E-state index contributed by atoms with van der Waals surface area (Å²) in [5, 5.41) is 9.62. The molecule has 5 heteroatoms. The number of benzene rings is 2. The van der Waals surface area contributed by atoms with Gasteiger partial charge in [0.25, 0.3) is 0 Å². The van der Waals surface area contributed by atoms with Crippen LogP contribution in [0.25, 0.3) is 22.1 Å². The number of ether oxygens (including phenoxy) is 1. The lowest BCUT2D eigenvalue weighted by Gasteiger charge is -2.08. The van der Waals surface area contributed by atoms with E-state index in [1.165, 1.54) is 0 Å². The Morgan fingerprint density at radius 1 is 1.22 bits per heavy atom. The molecule has 0 saturated carbocycles. The van der Waals surface area contributed by atoms with Crippen molar-refractivity contribution in [3.63, 3.8) is 0 Å². The summed E-state index contributed by atoms with van der Waals surface area (Å²) in [5.74, 6) is 1.00. The van der Waals surface area contributed by atoms with E-state index in [0.717, 1.165) is 5.56 Å². The van der Waals surface area contributed by atoms with Gasteiger partial charge in [0.15, 0.2) is 6.61 Å². The van der Waals surface area contributed by atoms with Gasteiger partial charge < -0.3 is 9.15 Å². The molecular formula is C18H12ClNO3. The molecule has 4 nitrogen and oxygen atoms in total. The van der Waals surface area contributed by atoms with E-state index in [2.05, 4.69) is 0 Å². The third kappa shape index (κ3) is 2.92. The van der Waals surface area contributed by atoms with Crippen molar-refractivity contribution in [2.24, 2.45) is 0 Å². The Hall–Kier alpha value is -2.77. The lowest BCUT2D eigenvalue weighted by Crippen LogP contribution is -2.07. The first kappa shape index (κ1) is 15.1. The van der Waals surface area contributed by atoms with Gasteiger partial charge in [-0.05, 0) is 36.8 Å². The van der Waals surface area contributed by atoms with Crippen molar-refractivity contribution in [2.45, 2.75) is 6.92 Å². The predicted molar refractivity (Wildman–Crippen MR) is 88.8 cm³/mol. The molecule has 0 saturated heterocycles. The van der Waals surface area contributed by atoms with Crippen molar-refractivity contribution in [2.75, 3.05) is 6.61 Å². The normalized spacial score (nSPS) is 10.5. The van der Waals surface area contributed by atoms with Crippen LogP contribution in [0.1, 0.15) is 5.76 Å². The zero-order valence-electron chi connectivity index (χ0n) is 12.3. The van der Waals surface area contributed by atoms with Crippen LogP contribution in [-0.4, -0.2) is 6.61 Å². The van der Waals surface area contributed by atoms with E-state index in [1.54, 1.807) is 49.4 Å². The average molecular weight is 326 g/mol. The second-order valence-electron chi connectivity index (χ2n) is 4.97. The molecule has 0 bridgehead atoms. The number of aryl methyl sites for hydroxylation is 1. The molecule has 0 aliphatic rings. The van der Waals surface area contributed by atoms with Crippen LogP contribution < -0.4 is 10.2 Å². The van der Waals surface area contributed by atoms with Crippen LogP contribution in [0.5, 0.6) is 5.75 Å². The number of hydrogen-bond donors (Lipinski definition) is 0. The van der Waals surface area contributed by atoms with Gasteiger partial charge in [0.2, 0.25) is 5.43 Å². The predicted octanol–water partition coefficient (Wildman–Crippen LogP) is 4.32. The Morgan fingerprint density at radius 2 is 1.96 bits per heavy atom. The molecule has 3 aromatic rings. The maximum Gasteiger partial charge on any atom is 0.200 e. The van der Waals surface area contributed by atoms with Crippen LogP contribution in [0.15, 0.2) is 51.7 Å². The summed E-state index contributed by atoms with van der Waals surface area (Å²) < 4.78 is 11.0. The first-order chi connectivity index (χ1) is 11.1. The highest BCUT2D eigenvalue weighted by Crippen LogP contribution is 2.27. The molecule has 0 aliphatic carbocycles. The van der Waals surface area contributed by atoms with Crippen molar-refractivity contribution in [1.29, 1.82) is 5.26 Å². The molecule has 0 fully saturated rings. The lowest BCUT2D eigenvalue weighted by atomic mass is 10.0. The third-order valence-corrected chi connectivity index (χ3v) is 3.73. The molecule has 114 valence electrons. The van der Waals surface area contributed by atoms with Crippen molar-refractivity contribution in [3.8, 4) is 22.9 Å². The molecule has 1 heterocycles. The summed E-state index contributed by atoms with van der Waals surface area (Å²) in [4.78, 5) is 12.8. The summed E-state index contributed by atoms with van der Waals surface area (Å²) in [6, 6.07) is 13.9. The number of rotatable bonds is 3. The molecule has 0 atom stereocenters. The average Bonchev–Trinajstić information content (AvgIpc) is 2.54. The highest BCUT2D eigenvalue weighted by atomic mass is 35.5. The van der Waals surface area contributed by atoms with E-state index in [0.29, 0.717) is 33.1 Å². The Labute approximate surface area is 137 Å². The van der Waals surface area contributed by atoms with Crippen LogP contribution in [0.4, 0.5) is 0 Å². The highest BCUT2D eigenvalue weighted by molar-refractivity contribution is 6.30. The first-order valence-electron chi connectivity index (χ1n) is 6.93. The molecule has 0 unspecified atom stereocenters. The van der Waals surface area contributed by atoms with E-state index in [-0.39, 0.29) is 12.0 Å². The third-order valence-electron chi connectivity index (χ3n) is 3.48. The lowest BCUT2D eigenvalue weighted by molar-refractivity contribution is 0.368. The molecular weight excluding hydrogens is 314 g/mol. The molecule has 1 aromatic heterocycles. The summed E-state index contributed by atoms with van der Waals surface area (Å²) in [5.41, 5.74) is 1.59. The molecule has 0 N–H and O–H groups in total. The van der Waals surface area contributed by atoms with Crippen molar-refractivity contribution < 1.29 is 9.15 Å². The van der Waals surface area contributed by atoms with Gasteiger partial charge in [0.05, 0.1) is 10.9 Å². The maximum absolute atomic E-state index is 12.8. The molecule has 0 amide bonds. The molecule has 0 aliphatic heterocycles. The fourth-order valence-electron chi connectivity index (χ4n) is 2.44. The fraction of sp³-hybridized carbons (Fsp3) is 0.111. The number of hydrogen-bond acceptors (Lipinski definition) is 4. The first-order valence-corrected chi connectivity index (χ1v) is 7.31. The van der Waals surface area contributed by atoms with Gasteiger partial charge in [-0.25, -0.2) is 0 Å². The molecule has 23 heavy (non-hydrogen) atoms. The van der Waals surface area contributed by atoms with Gasteiger partial charge in [-0.3, -0.25) is 4.79 Å². The van der Waals surface area contributed by atoms with E-state index in [4.69, 9.17) is 26.0 Å². The topological polar surface area (TPSA) is 63.2 Å². The monoisotopic (exact) mass is 325 g/mol. The van der Waals surface area contributed by atoms with Crippen molar-refractivity contribution >= 4 is 22.6 Å². The van der Waals surface area contributed by atoms with Gasteiger partial charge >= 0.3 is 0 Å². The standard InChI is InChI=1S/C18H12ClNO3/c1-11-17(12-2-4-13(19)5-3-12)18(21)15-7-6-14(22-9-8-20)10-16(15)23-11/h2-7,10H,9H2,1H3. The number of nitriles is 1. The zero-order valence-corrected chi connectivity index (χ0v) is 13.1. The van der Waals surface area contributed by atoms with Gasteiger partial charge in [-0.1, -0.05) is 23.7 Å². The van der Waals surface area contributed by atoms with Gasteiger partial charge in [0.1, 0.15) is 23.2 Å². The van der Waals surface area contributed by atoms with Crippen molar-refractivity contribution in [3.05, 3.63) is 63.5 Å². The van der Waals surface area contributed by atoms with Crippen LogP contribution in [0.2, 0.25) is 5.02 Å². The SMILES string of the molecule is Cc1oc2cc(OCC#N)ccc2c(=O)c1-c1ccc(Cl)cc1. The van der Waals surface area contributed by atoms with Crippen LogP contribution >= 0.6 is 11.6 Å². The Bertz CT molecular complexity index is 968. The quantitative estimate of drug-likeness (QED) is 0.719. The fourth-order valence-corrected chi connectivity index (χ4v) is 2.57. The van der Waals surface area contributed by atoms with Crippen LogP contribution in [0.3, 0.4) is 0 Å². The Balaban J connectivity index is 2.17. The second kappa shape index (κ2) is 6.15. The van der Waals surface area contributed by atoms with E-state index < -0.39 is 0 Å². The van der Waals surface area contributed by atoms with Crippen molar-refractivity contribution in [1.82, 2.24) is 0 Å². The summed E-state index contributed by atoms with van der Waals surface area (Å²) in [6.45, 7) is 1.69. The molecule has 3 rings (SSSR count). The van der Waals surface area contributed by atoms with Gasteiger partial charge in [-0.2, -0.15) is 5.26 Å². The minimum absolute atomic E-state index is 0.0580. The van der Waals surface area contributed by atoms with Gasteiger partial charge in [-0.15, -0.1) is 0 Å². The summed E-state index contributed by atoms with van der Waals surface area (Å²) in [6.07, 6.45) is 0. The van der Waals surface area contributed by atoms with Crippen LogP contribution in [-0.2, 0) is 0 Å². The number of nitrogens with zero attached hydrogens (tertiary/aromatic N) is 1. The largest absolute Gasteiger partial charge is 0.479 e. The Kier molecular flexibility index (Phi) is 4.05. The minimum Gasteiger partial charge on any atom is -0.479 e. The van der Waals surface area contributed by atoms with E-state index in [9.17, 15) is 4.79 Å². The summed E-state index contributed by atoms with van der Waals surface area (Å²) >= 11 is 5.89. The van der Waals surface area contributed by atoms with Gasteiger partial charge in [0, 0.05) is 11.1 Å². The van der Waals surface area contributed by atoms with Crippen LogP contribution in [0, 0.1) is 18.3 Å². The molecule has 0 spiro atoms. The van der Waals surface area contributed by atoms with E-state index in [1.807, 2.05) is 6.07 Å². The highest BCUT2D eigenvalue weighted by Gasteiger charge is 2.14. The van der Waals surface area contributed by atoms with E-state index >= 15 is 0 Å². The minimum atomic E-state index is -0.113. The molecule has 2 aromatic carbocycles. The number of halogens is 1. The smallest absolute Gasteiger partial charge is 0.200 e. The Morgan fingerprint density at radius 3 is 2.65 bits per heavy atom. The second-order valence-corrected chi connectivity index (χ2v) is 5.41.